The molecular formula is C36H44O16. The van der Waals surface area contributed by atoms with E-state index in [-0.39, 0.29) is 13.2 Å². The van der Waals surface area contributed by atoms with Gasteiger partial charge in [0.15, 0.2) is 37.0 Å². The molecule has 2 aliphatic heterocycles. The predicted molar refractivity (Wildman–Crippen MR) is 175 cm³/mol. The molecule has 16 nitrogen and oxygen atoms in total. The van der Waals surface area contributed by atoms with E-state index < -0.39 is 97.9 Å². The molecule has 0 aliphatic carbocycles. The van der Waals surface area contributed by atoms with Gasteiger partial charge in [-0.3, -0.25) is 19.2 Å². The molecule has 0 amide bonds. The lowest BCUT2D eigenvalue weighted by atomic mass is 9.95. The van der Waals surface area contributed by atoms with E-state index >= 15 is 0 Å². The Hall–Kier alpha value is -4.45. The Morgan fingerprint density at radius 1 is 0.577 bits per heavy atom. The maximum Gasteiger partial charge on any atom is 0.338 e. The molecule has 2 aliphatic rings. The Labute approximate surface area is 300 Å². The highest BCUT2D eigenvalue weighted by Gasteiger charge is 2.57. The zero-order valence-corrected chi connectivity index (χ0v) is 29.7. The maximum atomic E-state index is 13.3. The first-order chi connectivity index (χ1) is 24.9. The van der Waals surface area contributed by atoms with Crippen LogP contribution in [0.25, 0.3) is 0 Å². The Morgan fingerprint density at radius 2 is 1.06 bits per heavy atom. The van der Waals surface area contributed by atoms with Crippen LogP contribution in [0.1, 0.15) is 38.8 Å². The summed E-state index contributed by atoms with van der Waals surface area (Å²) in [7, 11) is 2.45. The monoisotopic (exact) mass is 732 g/mol. The van der Waals surface area contributed by atoms with E-state index in [1.54, 1.807) is 24.3 Å². The van der Waals surface area contributed by atoms with Crippen molar-refractivity contribution >= 4 is 29.8 Å². The van der Waals surface area contributed by atoms with Crippen molar-refractivity contribution in [1.82, 2.24) is 0 Å². The molecule has 0 N–H and O–H groups in total. The second-order valence-electron chi connectivity index (χ2n) is 11.9. The highest BCUT2D eigenvalue weighted by atomic mass is 16.8. The third-order valence-electron chi connectivity index (χ3n) is 7.97. The fourth-order valence-corrected chi connectivity index (χ4v) is 5.80. The minimum Gasteiger partial charge on any atom is -0.467 e. The lowest BCUT2D eigenvalue weighted by molar-refractivity contribution is -0.362. The summed E-state index contributed by atoms with van der Waals surface area (Å²) in [6, 6.07) is 18.1. The van der Waals surface area contributed by atoms with E-state index in [1.165, 1.54) is 14.0 Å². The van der Waals surface area contributed by atoms with Crippen LogP contribution in [0.4, 0.5) is 0 Å². The predicted octanol–water partition coefficient (Wildman–Crippen LogP) is 2.17. The minimum atomic E-state index is -1.60. The van der Waals surface area contributed by atoms with Gasteiger partial charge in [0.25, 0.3) is 0 Å². The molecule has 2 aromatic carbocycles. The Balaban J connectivity index is 1.80. The largest absolute Gasteiger partial charge is 0.467 e. The van der Waals surface area contributed by atoms with Gasteiger partial charge in [0.2, 0.25) is 0 Å². The average Bonchev–Trinajstić information content (AvgIpc) is 3.11. The number of hydrogen-bond acceptors (Lipinski definition) is 16. The second kappa shape index (κ2) is 19.4. The van der Waals surface area contributed by atoms with Crippen molar-refractivity contribution in [3.05, 3.63) is 71.8 Å². The number of rotatable bonds is 15. The molecule has 0 radical (unpaired) electrons. The van der Waals surface area contributed by atoms with Gasteiger partial charge in [-0.05, 0) is 11.1 Å². The van der Waals surface area contributed by atoms with Crippen LogP contribution in [0, 0.1) is 0 Å². The third kappa shape index (κ3) is 11.0. The van der Waals surface area contributed by atoms with Crippen LogP contribution in [-0.4, -0.2) is 112 Å². The molecule has 0 saturated carbocycles. The van der Waals surface area contributed by atoms with Gasteiger partial charge >= 0.3 is 29.8 Å². The van der Waals surface area contributed by atoms with Crippen LogP contribution in [0.15, 0.2) is 60.7 Å². The van der Waals surface area contributed by atoms with Crippen molar-refractivity contribution in [3.8, 4) is 0 Å². The summed E-state index contributed by atoms with van der Waals surface area (Å²) in [6.45, 7) is 4.09. The Bertz CT molecular complexity index is 1490. The summed E-state index contributed by atoms with van der Waals surface area (Å²) in [6.07, 6.45) is -14.0. The molecule has 2 fully saturated rings. The second-order valence-corrected chi connectivity index (χ2v) is 11.9. The molecule has 10 atom stereocenters. The first-order valence-electron chi connectivity index (χ1n) is 16.4. The number of benzene rings is 2. The fourth-order valence-electron chi connectivity index (χ4n) is 5.80. The Morgan fingerprint density at radius 3 is 1.52 bits per heavy atom. The van der Waals surface area contributed by atoms with Gasteiger partial charge in [-0.1, -0.05) is 60.7 Å². The molecule has 2 saturated heterocycles. The summed E-state index contributed by atoms with van der Waals surface area (Å²) in [5, 5.41) is 0. The number of esters is 5. The van der Waals surface area contributed by atoms with Gasteiger partial charge in [-0.15, -0.1) is 0 Å². The number of hydrogen-bond donors (Lipinski definition) is 0. The van der Waals surface area contributed by atoms with Gasteiger partial charge in [0, 0.05) is 34.8 Å². The number of methoxy groups -OCH3 is 2. The minimum absolute atomic E-state index is 0.0217. The first-order valence-corrected chi connectivity index (χ1v) is 16.4. The zero-order chi connectivity index (χ0) is 37.8. The number of carbonyl (C=O) groups is 5. The first kappa shape index (κ1) is 40.3. The van der Waals surface area contributed by atoms with Crippen LogP contribution in [0.5, 0.6) is 0 Å². The van der Waals surface area contributed by atoms with Gasteiger partial charge in [-0.2, -0.15) is 0 Å². The molecule has 0 bridgehead atoms. The molecule has 0 spiro atoms. The van der Waals surface area contributed by atoms with Crippen molar-refractivity contribution in [1.29, 1.82) is 0 Å². The standard InChI is InChI=1S/C36H44O16/c1-20(37)44-19-26-27(47-21(2)38)28(48-22(3)39)33(46-18-25-15-11-8-12-16-25)36(50-26)51-29-30(49-23(4)40)32(45-17-24-13-9-7-10-14-24)35(43-6)52-31(29)34(41)42-5/h7-16,26-33,35-36H,17-19H2,1-6H3/t26-,27-,28+,29+,30+,31-,32-,33-,35-,36-/m1/s1. The van der Waals surface area contributed by atoms with Crippen molar-refractivity contribution in [3.63, 3.8) is 0 Å². The van der Waals surface area contributed by atoms with E-state index in [1.807, 2.05) is 36.4 Å². The molecule has 4 rings (SSSR count). The highest BCUT2D eigenvalue weighted by molar-refractivity contribution is 5.76. The van der Waals surface area contributed by atoms with Crippen molar-refractivity contribution in [2.24, 2.45) is 0 Å². The van der Waals surface area contributed by atoms with Crippen LogP contribution < -0.4 is 0 Å². The molecule has 2 aromatic rings. The molecule has 52 heavy (non-hydrogen) atoms. The molecule has 16 heteroatoms. The van der Waals surface area contributed by atoms with Gasteiger partial charge in [-0.25, -0.2) is 4.79 Å². The van der Waals surface area contributed by atoms with Crippen LogP contribution in [0.3, 0.4) is 0 Å². The SMILES string of the molecule is COC(=O)[C@@H]1O[C@@H](OC)[C@H](OCc2ccccc2)[C@@H](OC(C)=O)[C@@H]1O[C@H]1O[C@H](COC(C)=O)[C@@H](OC(C)=O)[C@H](OC(C)=O)[C@H]1OCc1ccccc1. The molecule has 0 aromatic heterocycles. The van der Waals surface area contributed by atoms with Crippen LogP contribution >= 0.6 is 0 Å². The Kier molecular flexibility index (Phi) is 15.0. The summed E-state index contributed by atoms with van der Waals surface area (Å²) in [4.78, 5) is 62.7. The summed E-state index contributed by atoms with van der Waals surface area (Å²) < 4.78 is 64.1. The molecule has 0 unspecified atom stereocenters. The van der Waals surface area contributed by atoms with Crippen molar-refractivity contribution in [2.45, 2.75) is 102 Å². The lowest BCUT2D eigenvalue weighted by Gasteiger charge is -2.48. The smallest absolute Gasteiger partial charge is 0.338 e. The number of carbonyl (C=O) groups excluding carboxylic acids is 5. The quantitative estimate of drug-likeness (QED) is 0.191. The number of ether oxygens (including phenoxy) is 11. The van der Waals surface area contributed by atoms with E-state index in [0.717, 1.165) is 33.4 Å². The molecular weight excluding hydrogens is 688 g/mol. The normalized spacial score (nSPS) is 28.6. The van der Waals surface area contributed by atoms with Crippen LogP contribution in [0.2, 0.25) is 0 Å². The molecule has 2 heterocycles. The van der Waals surface area contributed by atoms with E-state index in [2.05, 4.69) is 0 Å². The lowest BCUT2D eigenvalue weighted by Crippen LogP contribution is -2.67. The van der Waals surface area contributed by atoms with E-state index in [4.69, 9.17) is 52.1 Å². The topological polar surface area (TPSA) is 187 Å². The highest BCUT2D eigenvalue weighted by Crippen LogP contribution is 2.36. The van der Waals surface area contributed by atoms with Gasteiger partial charge in [0.05, 0.1) is 20.3 Å². The summed E-state index contributed by atoms with van der Waals surface area (Å²) in [5.41, 5.74) is 1.47. The zero-order valence-electron chi connectivity index (χ0n) is 29.7. The average molecular weight is 733 g/mol. The summed E-state index contributed by atoms with van der Waals surface area (Å²) in [5.74, 6) is -3.89. The van der Waals surface area contributed by atoms with E-state index in [9.17, 15) is 24.0 Å². The molecule has 284 valence electrons. The van der Waals surface area contributed by atoms with Gasteiger partial charge < -0.3 is 52.1 Å². The van der Waals surface area contributed by atoms with Crippen molar-refractivity contribution < 1.29 is 76.1 Å². The van der Waals surface area contributed by atoms with Gasteiger partial charge in [0.1, 0.15) is 31.0 Å². The fraction of sp³-hybridized carbons (Fsp3) is 0.528. The van der Waals surface area contributed by atoms with Crippen molar-refractivity contribution in [2.75, 3.05) is 20.8 Å². The van der Waals surface area contributed by atoms with Crippen LogP contribution in [-0.2, 0) is 89.3 Å². The summed E-state index contributed by atoms with van der Waals surface area (Å²) >= 11 is 0. The maximum absolute atomic E-state index is 13.3. The van der Waals surface area contributed by atoms with E-state index in [0.29, 0.717) is 5.56 Å². The third-order valence-corrected chi connectivity index (χ3v) is 7.97.